The van der Waals surface area contributed by atoms with Crippen molar-refractivity contribution in [1.29, 1.82) is 0 Å². The average molecular weight is 359 g/mol. The average Bonchev–Trinajstić information content (AvgIpc) is 3.30. The summed E-state index contributed by atoms with van der Waals surface area (Å²) in [7, 11) is -0.706. The lowest BCUT2D eigenvalue weighted by molar-refractivity contribution is 0.0223. The number of furan rings is 1. The van der Waals surface area contributed by atoms with Crippen molar-refractivity contribution < 1.29 is 13.9 Å². The molecule has 2 heterocycles. The molecule has 0 saturated carbocycles. The first kappa shape index (κ1) is 18.4. The summed E-state index contributed by atoms with van der Waals surface area (Å²) in [5.74, 6) is 1.62. The maximum atomic E-state index is 6.04. The van der Waals surface area contributed by atoms with Gasteiger partial charge in [-0.25, -0.2) is 0 Å². The van der Waals surface area contributed by atoms with Crippen molar-refractivity contribution in [2.24, 2.45) is 0 Å². The highest BCUT2D eigenvalue weighted by molar-refractivity contribution is 6.57. The van der Waals surface area contributed by atoms with E-state index in [-0.39, 0.29) is 6.10 Å². The number of hydrogen-bond donors (Lipinski definition) is 0. The highest BCUT2D eigenvalue weighted by atomic mass is 28.3. The second-order valence-electron chi connectivity index (χ2n) is 7.38. The van der Waals surface area contributed by atoms with Crippen molar-refractivity contribution in [3.05, 3.63) is 60.1 Å². The molecule has 4 heteroatoms. The molecule has 4 unspecified atom stereocenters. The first-order chi connectivity index (χ1) is 12.2. The highest BCUT2D eigenvalue weighted by Gasteiger charge is 2.25. The molecule has 3 nitrogen and oxygen atoms in total. The topological polar surface area (TPSA) is 34.9 Å². The minimum Gasteiger partial charge on any atom is -0.467 e. The summed E-state index contributed by atoms with van der Waals surface area (Å²) < 4.78 is 16.9. The predicted octanol–water partition coefficient (Wildman–Crippen LogP) is 5.18. The van der Waals surface area contributed by atoms with E-state index in [1.807, 2.05) is 12.1 Å². The third-order valence-corrected chi connectivity index (χ3v) is 7.94. The molecule has 0 bridgehead atoms. The Labute approximate surface area is 152 Å². The van der Waals surface area contributed by atoms with Crippen molar-refractivity contribution in [2.75, 3.05) is 13.2 Å². The molecule has 2 aromatic rings. The Morgan fingerprint density at radius 1 is 1.20 bits per heavy atom. The van der Waals surface area contributed by atoms with Gasteiger partial charge in [-0.05, 0) is 30.0 Å². The van der Waals surface area contributed by atoms with Gasteiger partial charge in [-0.2, -0.15) is 0 Å². The summed E-state index contributed by atoms with van der Waals surface area (Å²) in [4.78, 5) is 0. The van der Waals surface area contributed by atoms with E-state index >= 15 is 0 Å². The molecular weight excluding hydrogens is 328 g/mol. The lowest BCUT2D eigenvalue weighted by Gasteiger charge is -2.19. The lowest BCUT2D eigenvalue weighted by Crippen LogP contribution is -2.13. The van der Waals surface area contributed by atoms with Crippen LogP contribution in [-0.4, -0.2) is 28.1 Å². The van der Waals surface area contributed by atoms with Crippen LogP contribution in [0.5, 0.6) is 0 Å². The number of epoxide rings is 1. The van der Waals surface area contributed by atoms with Gasteiger partial charge in [0.2, 0.25) is 0 Å². The summed E-state index contributed by atoms with van der Waals surface area (Å²) in [6.07, 6.45) is 4.37. The zero-order valence-electron chi connectivity index (χ0n) is 15.4. The zero-order valence-corrected chi connectivity index (χ0v) is 16.6. The molecule has 0 amide bonds. The van der Waals surface area contributed by atoms with Crippen LogP contribution in [0.1, 0.15) is 43.1 Å². The fourth-order valence-electron chi connectivity index (χ4n) is 3.46. The molecule has 0 spiro atoms. The monoisotopic (exact) mass is 358 g/mol. The van der Waals surface area contributed by atoms with Crippen LogP contribution in [0.15, 0.2) is 53.1 Å². The quantitative estimate of drug-likeness (QED) is 0.410. The molecule has 1 aromatic carbocycles. The van der Waals surface area contributed by atoms with Crippen LogP contribution < -0.4 is 0 Å². The van der Waals surface area contributed by atoms with Crippen LogP contribution >= 0.6 is 0 Å². The number of rotatable bonds is 11. The van der Waals surface area contributed by atoms with Crippen LogP contribution in [0.25, 0.3) is 0 Å². The van der Waals surface area contributed by atoms with Gasteiger partial charge in [0.15, 0.2) is 0 Å². The van der Waals surface area contributed by atoms with E-state index in [4.69, 9.17) is 13.9 Å². The van der Waals surface area contributed by atoms with Gasteiger partial charge in [0, 0.05) is 8.80 Å². The largest absolute Gasteiger partial charge is 0.467 e. The van der Waals surface area contributed by atoms with Crippen LogP contribution in [0.2, 0.25) is 18.6 Å². The summed E-state index contributed by atoms with van der Waals surface area (Å²) in [6, 6.07) is 17.6. The normalized spacial score (nSPS) is 20.2. The van der Waals surface area contributed by atoms with E-state index in [9.17, 15) is 0 Å². The van der Waals surface area contributed by atoms with Crippen molar-refractivity contribution in [2.45, 2.75) is 56.5 Å². The van der Waals surface area contributed by atoms with E-state index < -0.39 is 8.80 Å². The highest BCUT2D eigenvalue weighted by Crippen LogP contribution is 2.28. The first-order valence-electron chi connectivity index (χ1n) is 9.54. The molecule has 0 aliphatic carbocycles. The molecule has 1 aliphatic heterocycles. The van der Waals surface area contributed by atoms with E-state index in [1.165, 1.54) is 24.1 Å². The fourth-order valence-corrected chi connectivity index (χ4v) is 6.11. The van der Waals surface area contributed by atoms with E-state index in [0.29, 0.717) is 18.6 Å². The van der Waals surface area contributed by atoms with Crippen molar-refractivity contribution in [3.63, 3.8) is 0 Å². The van der Waals surface area contributed by atoms with Gasteiger partial charge < -0.3 is 13.9 Å². The molecule has 1 aromatic heterocycles. The van der Waals surface area contributed by atoms with Gasteiger partial charge in [0.1, 0.15) is 18.0 Å². The minimum atomic E-state index is -0.706. The second-order valence-corrected chi connectivity index (χ2v) is 10.6. The van der Waals surface area contributed by atoms with Crippen molar-refractivity contribution in [1.82, 2.24) is 0 Å². The Hall–Kier alpha value is -1.36. The number of benzene rings is 1. The number of ether oxygens (including phenoxy) is 2. The molecule has 4 atom stereocenters. The Kier molecular flexibility index (Phi) is 6.90. The summed E-state index contributed by atoms with van der Waals surface area (Å²) in [5, 5.41) is 0. The van der Waals surface area contributed by atoms with Gasteiger partial charge in [0.05, 0.1) is 19.5 Å². The van der Waals surface area contributed by atoms with Gasteiger partial charge >= 0.3 is 0 Å². The second kappa shape index (κ2) is 9.37. The third kappa shape index (κ3) is 6.14. The summed E-state index contributed by atoms with van der Waals surface area (Å²) in [6.45, 7) is 6.39. The van der Waals surface area contributed by atoms with Crippen LogP contribution in [0, 0.1) is 0 Å². The molecule has 1 aliphatic rings. The van der Waals surface area contributed by atoms with Crippen LogP contribution in [0.4, 0.5) is 0 Å². The van der Waals surface area contributed by atoms with Gasteiger partial charge in [0.25, 0.3) is 0 Å². The Bertz CT molecular complexity index is 595. The summed E-state index contributed by atoms with van der Waals surface area (Å²) in [5.41, 5.74) is 1.48. The first-order valence-corrected chi connectivity index (χ1v) is 12.3. The van der Waals surface area contributed by atoms with Crippen molar-refractivity contribution >= 4 is 8.80 Å². The van der Waals surface area contributed by atoms with Crippen LogP contribution in [-0.2, 0) is 9.47 Å². The smallest absolute Gasteiger partial charge is 0.132 e. The zero-order chi connectivity index (χ0) is 17.5. The van der Waals surface area contributed by atoms with E-state index in [0.717, 1.165) is 18.8 Å². The molecule has 0 N–H and O–H groups in total. The standard InChI is InChI=1S/C21H30O3Si/c1-17(18-8-4-3-5-9-18)16-25(2)13-7-11-21(20-10-6-12-22-20)24-15-19-14-23-19/h3-6,8-10,12,17,19,21,25H,7,11,13-16H2,1-2H3. The van der Waals surface area contributed by atoms with Gasteiger partial charge in [-0.1, -0.05) is 62.3 Å². The van der Waals surface area contributed by atoms with Gasteiger partial charge in [-0.15, -0.1) is 0 Å². The fraction of sp³-hybridized carbons (Fsp3) is 0.524. The molecule has 3 rings (SSSR count). The van der Waals surface area contributed by atoms with Crippen LogP contribution in [0.3, 0.4) is 0 Å². The predicted molar refractivity (Wildman–Crippen MR) is 104 cm³/mol. The Balaban J connectivity index is 1.41. The lowest BCUT2D eigenvalue weighted by atomic mass is 10.0. The number of hydrogen-bond acceptors (Lipinski definition) is 3. The molecule has 25 heavy (non-hydrogen) atoms. The van der Waals surface area contributed by atoms with Crippen molar-refractivity contribution in [3.8, 4) is 0 Å². The van der Waals surface area contributed by atoms with E-state index in [1.54, 1.807) is 6.26 Å². The van der Waals surface area contributed by atoms with E-state index in [2.05, 4.69) is 43.8 Å². The maximum Gasteiger partial charge on any atom is 0.132 e. The third-order valence-electron chi connectivity index (χ3n) is 5.03. The summed E-state index contributed by atoms with van der Waals surface area (Å²) >= 11 is 0. The Morgan fingerprint density at radius 2 is 2.00 bits per heavy atom. The molecule has 0 radical (unpaired) electrons. The molecule has 1 saturated heterocycles. The molecular formula is C21H30O3Si. The minimum absolute atomic E-state index is 0.0759. The SMILES string of the molecule is CC(C[SiH](C)CCCC(OCC1CO1)c1ccco1)c1ccccc1. The molecule has 136 valence electrons. The van der Waals surface area contributed by atoms with Gasteiger partial charge in [-0.3, -0.25) is 0 Å². The maximum absolute atomic E-state index is 6.04. The Morgan fingerprint density at radius 3 is 2.68 bits per heavy atom. The molecule has 1 fully saturated rings.